The highest BCUT2D eigenvalue weighted by molar-refractivity contribution is 5.68. The lowest BCUT2D eigenvalue weighted by atomic mass is 9.84. The molecule has 0 saturated carbocycles. The standard InChI is InChI=1S/C40H46N2O7/c1-3-29-10-15-33(16-11-29)49-34-17-13-32(14-18-34)39-36(43)25-42(40(44)48-27-30-8-5-4-6-9-30)26-38(39)47-28-31-12-19-37-35(24-31)41(21-23-46-37)20-7-22-45-2/h4-6,8-19,24,36,38-39,43H,3,7,20-23,25-28H2,1-2H3/t36-,38+,39+/m1/s1. The number of piperidine rings is 1. The molecule has 9 heteroatoms. The van der Waals surface area contributed by atoms with Crippen molar-refractivity contribution in [2.24, 2.45) is 0 Å². The molecule has 0 bridgehead atoms. The quantitative estimate of drug-likeness (QED) is 0.153. The summed E-state index contributed by atoms with van der Waals surface area (Å²) >= 11 is 0. The van der Waals surface area contributed by atoms with E-state index in [0.29, 0.717) is 25.6 Å². The minimum atomic E-state index is -0.871. The molecule has 258 valence electrons. The zero-order valence-electron chi connectivity index (χ0n) is 28.3. The molecule has 49 heavy (non-hydrogen) atoms. The molecule has 0 aromatic heterocycles. The van der Waals surface area contributed by atoms with Gasteiger partial charge in [-0.15, -0.1) is 0 Å². The Bertz CT molecular complexity index is 1630. The Hall–Kier alpha value is -4.57. The Morgan fingerprint density at radius 3 is 2.35 bits per heavy atom. The van der Waals surface area contributed by atoms with Crippen LogP contribution in [-0.2, 0) is 33.8 Å². The summed E-state index contributed by atoms with van der Waals surface area (Å²) in [5, 5.41) is 11.5. The van der Waals surface area contributed by atoms with Crippen LogP contribution in [-0.4, -0.2) is 74.8 Å². The Morgan fingerprint density at radius 1 is 0.878 bits per heavy atom. The number of carbonyl (C=O) groups excluding carboxylic acids is 1. The van der Waals surface area contributed by atoms with Gasteiger partial charge in [-0.25, -0.2) is 4.79 Å². The summed E-state index contributed by atoms with van der Waals surface area (Å²) in [5.74, 6) is 1.95. The fourth-order valence-corrected chi connectivity index (χ4v) is 6.48. The van der Waals surface area contributed by atoms with Crippen LogP contribution in [0.2, 0.25) is 0 Å². The average Bonchev–Trinajstić information content (AvgIpc) is 3.14. The molecule has 2 heterocycles. The summed E-state index contributed by atoms with van der Waals surface area (Å²) in [6.07, 6.45) is 0.0448. The van der Waals surface area contributed by atoms with Crippen LogP contribution in [0.4, 0.5) is 10.5 Å². The molecule has 1 saturated heterocycles. The molecule has 9 nitrogen and oxygen atoms in total. The van der Waals surface area contributed by atoms with Crippen LogP contribution in [0.25, 0.3) is 0 Å². The molecule has 0 radical (unpaired) electrons. The van der Waals surface area contributed by atoms with E-state index in [1.807, 2.05) is 78.9 Å². The van der Waals surface area contributed by atoms with Crippen molar-refractivity contribution in [3.63, 3.8) is 0 Å². The smallest absolute Gasteiger partial charge is 0.410 e. The number of methoxy groups -OCH3 is 1. The largest absolute Gasteiger partial charge is 0.490 e. The van der Waals surface area contributed by atoms with Gasteiger partial charge in [0.05, 0.1) is 44.1 Å². The second kappa shape index (κ2) is 16.7. The van der Waals surface area contributed by atoms with Crippen molar-refractivity contribution in [2.75, 3.05) is 51.4 Å². The number of aliphatic hydroxyl groups is 1. The topological polar surface area (TPSA) is 89.9 Å². The number of hydrogen-bond donors (Lipinski definition) is 1. The lowest BCUT2D eigenvalue weighted by Gasteiger charge is -2.41. The average molecular weight is 667 g/mol. The highest BCUT2D eigenvalue weighted by Gasteiger charge is 2.40. The fourth-order valence-electron chi connectivity index (χ4n) is 6.48. The molecule has 1 amide bonds. The normalized spacial score (nSPS) is 18.8. The van der Waals surface area contributed by atoms with Crippen LogP contribution in [0.5, 0.6) is 17.2 Å². The van der Waals surface area contributed by atoms with Crippen LogP contribution in [0.1, 0.15) is 41.5 Å². The van der Waals surface area contributed by atoms with E-state index in [4.69, 9.17) is 23.7 Å². The highest BCUT2D eigenvalue weighted by atomic mass is 16.6. The molecule has 4 aromatic rings. The maximum absolute atomic E-state index is 13.2. The first-order chi connectivity index (χ1) is 24.0. The number of rotatable bonds is 13. The summed E-state index contributed by atoms with van der Waals surface area (Å²) in [4.78, 5) is 17.1. The van der Waals surface area contributed by atoms with Gasteiger partial charge in [0.2, 0.25) is 0 Å². The Morgan fingerprint density at radius 2 is 1.61 bits per heavy atom. The van der Waals surface area contributed by atoms with E-state index in [2.05, 4.69) is 30.0 Å². The summed E-state index contributed by atoms with van der Waals surface area (Å²) in [6.45, 7) is 6.00. The molecule has 2 aliphatic rings. The van der Waals surface area contributed by atoms with Gasteiger partial charge in [0.25, 0.3) is 0 Å². The van der Waals surface area contributed by atoms with Gasteiger partial charge in [-0.3, -0.25) is 0 Å². The van der Waals surface area contributed by atoms with Crippen molar-refractivity contribution in [2.45, 2.75) is 51.1 Å². The molecule has 6 rings (SSSR count). The van der Waals surface area contributed by atoms with Gasteiger partial charge in [-0.05, 0) is 71.5 Å². The van der Waals surface area contributed by atoms with E-state index in [-0.39, 0.29) is 25.6 Å². The van der Waals surface area contributed by atoms with Crippen LogP contribution in [0, 0.1) is 0 Å². The second-order valence-corrected chi connectivity index (χ2v) is 12.5. The monoisotopic (exact) mass is 666 g/mol. The SMILES string of the molecule is CCc1ccc(Oc2ccc([C@H]3[C@H](O)CN(C(=O)OCc4ccccc4)C[C@@H]3OCc3ccc4c(c3)N(CCCOC)CCO4)cc2)cc1. The van der Waals surface area contributed by atoms with Crippen molar-refractivity contribution in [1.82, 2.24) is 4.90 Å². The van der Waals surface area contributed by atoms with Crippen molar-refractivity contribution in [3.05, 3.63) is 119 Å². The van der Waals surface area contributed by atoms with Gasteiger partial charge >= 0.3 is 6.09 Å². The van der Waals surface area contributed by atoms with Crippen LogP contribution in [0.15, 0.2) is 97.1 Å². The third kappa shape index (κ3) is 8.92. The van der Waals surface area contributed by atoms with Crippen molar-refractivity contribution in [3.8, 4) is 17.2 Å². The van der Waals surface area contributed by atoms with Crippen LogP contribution < -0.4 is 14.4 Å². The number of benzene rings is 4. The van der Waals surface area contributed by atoms with Crippen LogP contribution in [0.3, 0.4) is 0 Å². The first kappa shape index (κ1) is 34.3. The van der Waals surface area contributed by atoms with Gasteiger partial charge in [0.1, 0.15) is 30.5 Å². The number of fused-ring (bicyclic) bond motifs is 1. The van der Waals surface area contributed by atoms with Crippen LogP contribution >= 0.6 is 0 Å². The minimum absolute atomic E-state index is 0.132. The Balaban J connectivity index is 1.18. The molecule has 1 N–H and O–H groups in total. The lowest BCUT2D eigenvalue weighted by Crippen LogP contribution is -2.53. The Kier molecular flexibility index (Phi) is 11.7. The van der Waals surface area contributed by atoms with Crippen molar-refractivity contribution < 1.29 is 33.6 Å². The summed E-state index contributed by atoms with van der Waals surface area (Å²) in [6, 6.07) is 31.5. The number of hydrogen-bond acceptors (Lipinski definition) is 8. The molecule has 0 aliphatic carbocycles. The van der Waals surface area contributed by atoms with E-state index in [1.54, 1.807) is 12.0 Å². The number of anilines is 1. The molecular weight excluding hydrogens is 620 g/mol. The number of amides is 1. The molecule has 1 fully saturated rings. The number of aryl methyl sites for hydroxylation is 1. The van der Waals surface area contributed by atoms with Crippen molar-refractivity contribution >= 4 is 11.8 Å². The predicted octanol–water partition coefficient (Wildman–Crippen LogP) is 6.96. The van der Waals surface area contributed by atoms with E-state index in [1.165, 1.54) is 5.56 Å². The number of ether oxygens (including phenoxy) is 5. The van der Waals surface area contributed by atoms with E-state index in [0.717, 1.165) is 59.8 Å². The molecule has 0 spiro atoms. The first-order valence-corrected chi connectivity index (χ1v) is 17.1. The third-order valence-electron chi connectivity index (χ3n) is 9.14. The van der Waals surface area contributed by atoms with Gasteiger partial charge < -0.3 is 38.6 Å². The number of aliphatic hydroxyl groups excluding tert-OH is 1. The van der Waals surface area contributed by atoms with Gasteiger partial charge in [-0.1, -0.05) is 67.6 Å². The maximum Gasteiger partial charge on any atom is 0.410 e. The number of likely N-dealkylation sites (tertiary alicyclic amines) is 1. The zero-order chi connectivity index (χ0) is 34.0. The van der Waals surface area contributed by atoms with E-state index in [9.17, 15) is 9.90 Å². The summed E-state index contributed by atoms with van der Waals surface area (Å²) < 4.78 is 29.5. The van der Waals surface area contributed by atoms with Crippen molar-refractivity contribution in [1.29, 1.82) is 0 Å². The zero-order valence-corrected chi connectivity index (χ0v) is 28.3. The third-order valence-corrected chi connectivity index (χ3v) is 9.14. The van der Waals surface area contributed by atoms with E-state index < -0.39 is 18.3 Å². The fraction of sp³-hybridized carbons (Fsp3) is 0.375. The summed E-state index contributed by atoms with van der Waals surface area (Å²) in [7, 11) is 1.72. The lowest BCUT2D eigenvalue weighted by molar-refractivity contribution is -0.0692. The minimum Gasteiger partial charge on any atom is -0.490 e. The van der Waals surface area contributed by atoms with Gasteiger partial charge in [0.15, 0.2) is 0 Å². The molecule has 4 aromatic carbocycles. The number of nitrogens with zero attached hydrogens (tertiary/aromatic N) is 2. The maximum atomic E-state index is 13.2. The molecule has 2 aliphatic heterocycles. The van der Waals surface area contributed by atoms with Gasteiger partial charge in [0, 0.05) is 26.2 Å². The number of carbonyl (C=O) groups is 1. The first-order valence-electron chi connectivity index (χ1n) is 17.1. The molecule has 0 unspecified atom stereocenters. The van der Waals surface area contributed by atoms with Gasteiger partial charge in [-0.2, -0.15) is 0 Å². The summed E-state index contributed by atoms with van der Waals surface area (Å²) in [5.41, 5.74) is 5.08. The number of β-amino-alcohol motifs (C(OH)–C–C–N with tert-alkyl or cyclic N) is 1. The molecule has 3 atom stereocenters. The molecular formula is C40H46N2O7. The second-order valence-electron chi connectivity index (χ2n) is 12.5. The Labute approximate surface area is 288 Å². The predicted molar refractivity (Wildman–Crippen MR) is 189 cm³/mol. The highest BCUT2D eigenvalue weighted by Crippen LogP contribution is 2.36. The van der Waals surface area contributed by atoms with E-state index >= 15 is 0 Å².